The number of pyridine rings is 1. The predicted octanol–water partition coefficient (Wildman–Crippen LogP) is 7.38. The van der Waals surface area contributed by atoms with E-state index in [1.165, 1.54) is 11.1 Å². The summed E-state index contributed by atoms with van der Waals surface area (Å²) in [6.45, 7) is 5.02. The number of anilines is 1. The van der Waals surface area contributed by atoms with E-state index in [1.54, 1.807) is 18.3 Å². The van der Waals surface area contributed by atoms with Gasteiger partial charge in [0.1, 0.15) is 11.3 Å². The number of carboxylic acid groups (broad SMARTS) is 1. The summed E-state index contributed by atoms with van der Waals surface area (Å²) in [7, 11) is 0. The van der Waals surface area contributed by atoms with E-state index in [0.717, 1.165) is 61.2 Å². The van der Waals surface area contributed by atoms with Crippen molar-refractivity contribution in [2.45, 2.75) is 82.3 Å². The number of aliphatic hydroxyl groups excluding tert-OH is 1. The van der Waals surface area contributed by atoms with Crippen LogP contribution in [-0.2, 0) is 23.1 Å². The molecular weight excluding hydrogens is 548 g/mol. The molecule has 4 atom stereocenters. The van der Waals surface area contributed by atoms with Gasteiger partial charge in [0, 0.05) is 22.5 Å². The SMILES string of the molecule is C[C@@H](COc1ccnc2c1C[C@H](C)C[C@H]2O)C[C@H]1Cc2ccccc2C12CCC(Nc1cccc(Cl)c1)(C(=O)O)CC2. The molecular formula is C35H41ClN2O4. The van der Waals surface area contributed by atoms with Gasteiger partial charge in [-0.15, -0.1) is 0 Å². The van der Waals surface area contributed by atoms with Crippen molar-refractivity contribution in [3.8, 4) is 5.75 Å². The molecule has 222 valence electrons. The lowest BCUT2D eigenvalue weighted by Gasteiger charge is -2.47. The first-order valence-electron chi connectivity index (χ1n) is 15.3. The average molecular weight is 589 g/mol. The Morgan fingerprint density at radius 1 is 1.12 bits per heavy atom. The molecule has 7 heteroatoms. The van der Waals surface area contributed by atoms with Crippen LogP contribution in [0.25, 0.3) is 0 Å². The third-order valence-corrected chi connectivity index (χ3v) is 10.4. The first kappa shape index (κ1) is 29.0. The van der Waals surface area contributed by atoms with E-state index in [1.807, 2.05) is 18.2 Å². The summed E-state index contributed by atoms with van der Waals surface area (Å²) in [5.41, 5.74) is 4.28. The Hall–Kier alpha value is -3.09. The van der Waals surface area contributed by atoms with Crippen molar-refractivity contribution in [3.05, 3.63) is 88.2 Å². The number of carboxylic acids is 1. The van der Waals surface area contributed by atoms with Crippen molar-refractivity contribution in [3.63, 3.8) is 0 Å². The van der Waals surface area contributed by atoms with Gasteiger partial charge in [0.15, 0.2) is 0 Å². The highest BCUT2D eigenvalue weighted by atomic mass is 35.5. The standard InChI is InChI=1S/C35H41ClN2O4/c1-22-17-28-31(10-15-37-32(28)30(39)18-22)42-21-23(2)16-25-19-24-6-3-4-9-29(24)34(25)11-13-35(14-12-34,33(40)41)38-27-8-5-7-26(36)20-27/h3-10,15,20,22-23,25,30,38-39H,11-14,16-19,21H2,1-2H3,(H,40,41)/t22-,23+,25-,30+,34?,35?/m0/s1. The van der Waals surface area contributed by atoms with Gasteiger partial charge < -0.3 is 20.3 Å². The fourth-order valence-electron chi connectivity index (χ4n) is 8.04. The lowest BCUT2D eigenvalue weighted by atomic mass is 9.59. The number of nitrogens with one attached hydrogen (secondary N) is 1. The minimum absolute atomic E-state index is 0.0464. The number of benzene rings is 2. The molecule has 1 heterocycles. The Kier molecular flexibility index (Phi) is 7.97. The molecule has 6 nitrogen and oxygen atoms in total. The molecule has 0 bridgehead atoms. The average Bonchev–Trinajstić information content (AvgIpc) is 3.25. The zero-order valence-electron chi connectivity index (χ0n) is 24.5. The number of hydrogen-bond donors (Lipinski definition) is 3. The highest BCUT2D eigenvalue weighted by molar-refractivity contribution is 6.30. The molecule has 0 aliphatic heterocycles. The van der Waals surface area contributed by atoms with E-state index < -0.39 is 17.6 Å². The second-order valence-electron chi connectivity index (χ2n) is 13.1. The Morgan fingerprint density at radius 3 is 2.67 bits per heavy atom. The summed E-state index contributed by atoms with van der Waals surface area (Å²) in [5, 5.41) is 24.9. The van der Waals surface area contributed by atoms with Crippen molar-refractivity contribution in [2.24, 2.45) is 17.8 Å². The number of aliphatic carboxylic acids is 1. The Labute approximate surface area is 253 Å². The van der Waals surface area contributed by atoms with Gasteiger partial charge in [-0.3, -0.25) is 4.98 Å². The van der Waals surface area contributed by atoms with E-state index in [4.69, 9.17) is 16.3 Å². The van der Waals surface area contributed by atoms with Gasteiger partial charge in [-0.2, -0.15) is 0 Å². The second kappa shape index (κ2) is 11.5. The van der Waals surface area contributed by atoms with Crippen LogP contribution in [0.1, 0.15) is 80.9 Å². The maximum atomic E-state index is 12.7. The van der Waals surface area contributed by atoms with Crippen molar-refractivity contribution < 1.29 is 19.7 Å². The van der Waals surface area contributed by atoms with Crippen LogP contribution in [0.15, 0.2) is 60.8 Å². The molecule has 1 spiro atoms. The molecule has 2 aromatic carbocycles. The van der Waals surface area contributed by atoms with Gasteiger partial charge in [-0.25, -0.2) is 4.79 Å². The third-order valence-electron chi connectivity index (χ3n) is 10.2. The van der Waals surface area contributed by atoms with Crippen LogP contribution in [0.2, 0.25) is 5.02 Å². The second-order valence-corrected chi connectivity index (χ2v) is 13.6. The Bertz CT molecular complexity index is 1450. The van der Waals surface area contributed by atoms with Crippen LogP contribution in [-0.4, -0.2) is 33.3 Å². The fraction of sp³-hybridized carbons (Fsp3) is 0.486. The van der Waals surface area contributed by atoms with Gasteiger partial charge in [-0.1, -0.05) is 55.8 Å². The largest absolute Gasteiger partial charge is 0.493 e. The number of ether oxygens (including phenoxy) is 1. The fourth-order valence-corrected chi connectivity index (χ4v) is 8.23. The van der Waals surface area contributed by atoms with E-state index in [2.05, 4.69) is 48.4 Å². The van der Waals surface area contributed by atoms with Crippen molar-refractivity contribution in [1.82, 2.24) is 4.98 Å². The molecule has 3 aliphatic carbocycles. The van der Waals surface area contributed by atoms with Crippen LogP contribution in [0.4, 0.5) is 5.69 Å². The normalized spacial score (nSPS) is 29.0. The predicted molar refractivity (Wildman–Crippen MR) is 165 cm³/mol. The Morgan fingerprint density at radius 2 is 1.90 bits per heavy atom. The molecule has 3 N–H and O–H groups in total. The molecule has 1 fully saturated rings. The maximum Gasteiger partial charge on any atom is 0.329 e. The number of fused-ring (bicyclic) bond motifs is 3. The summed E-state index contributed by atoms with van der Waals surface area (Å²) < 4.78 is 6.42. The molecule has 0 unspecified atom stereocenters. The van der Waals surface area contributed by atoms with Crippen molar-refractivity contribution >= 4 is 23.3 Å². The van der Waals surface area contributed by atoms with Crippen LogP contribution in [0.5, 0.6) is 5.75 Å². The minimum Gasteiger partial charge on any atom is -0.493 e. The van der Waals surface area contributed by atoms with Crippen LogP contribution >= 0.6 is 11.6 Å². The first-order chi connectivity index (χ1) is 20.2. The lowest BCUT2D eigenvalue weighted by molar-refractivity contribution is -0.144. The molecule has 42 heavy (non-hydrogen) atoms. The quantitative estimate of drug-likeness (QED) is 0.254. The van der Waals surface area contributed by atoms with Gasteiger partial charge in [-0.05, 0) is 110 Å². The highest BCUT2D eigenvalue weighted by Gasteiger charge is 2.54. The molecule has 3 aromatic rings. The van der Waals surface area contributed by atoms with Gasteiger partial charge in [0.05, 0.1) is 18.4 Å². The van der Waals surface area contributed by atoms with Gasteiger partial charge in [0.25, 0.3) is 0 Å². The smallest absolute Gasteiger partial charge is 0.329 e. The van der Waals surface area contributed by atoms with E-state index in [-0.39, 0.29) is 5.41 Å². The maximum absolute atomic E-state index is 12.7. The minimum atomic E-state index is -1.02. The van der Waals surface area contributed by atoms with E-state index in [9.17, 15) is 15.0 Å². The van der Waals surface area contributed by atoms with Gasteiger partial charge in [0.2, 0.25) is 0 Å². The number of aromatic nitrogens is 1. The monoisotopic (exact) mass is 588 g/mol. The highest BCUT2D eigenvalue weighted by Crippen LogP contribution is 2.56. The van der Waals surface area contributed by atoms with Crippen molar-refractivity contribution in [2.75, 3.05) is 11.9 Å². The molecule has 6 rings (SSSR count). The molecule has 0 amide bonds. The summed E-state index contributed by atoms with van der Waals surface area (Å²) in [6.07, 6.45) is 7.57. The number of hydrogen-bond acceptors (Lipinski definition) is 5. The van der Waals surface area contributed by atoms with Crippen LogP contribution in [0.3, 0.4) is 0 Å². The van der Waals surface area contributed by atoms with E-state index in [0.29, 0.717) is 42.2 Å². The number of rotatable bonds is 8. The third kappa shape index (κ3) is 5.40. The van der Waals surface area contributed by atoms with Crippen LogP contribution < -0.4 is 10.1 Å². The van der Waals surface area contributed by atoms with Gasteiger partial charge >= 0.3 is 5.97 Å². The summed E-state index contributed by atoms with van der Waals surface area (Å²) >= 11 is 6.21. The molecule has 1 saturated carbocycles. The molecule has 1 aromatic heterocycles. The van der Waals surface area contributed by atoms with Crippen LogP contribution in [0, 0.1) is 17.8 Å². The number of aliphatic hydroxyl groups is 1. The zero-order chi connectivity index (χ0) is 29.5. The zero-order valence-corrected chi connectivity index (χ0v) is 25.2. The first-order valence-corrected chi connectivity index (χ1v) is 15.7. The summed E-state index contributed by atoms with van der Waals surface area (Å²) in [4.78, 5) is 17.2. The molecule has 0 radical (unpaired) electrons. The number of halogens is 1. The lowest BCUT2D eigenvalue weighted by Crippen LogP contribution is -2.53. The molecule has 3 aliphatic rings. The topological polar surface area (TPSA) is 91.7 Å². The van der Waals surface area contributed by atoms with E-state index >= 15 is 0 Å². The summed E-state index contributed by atoms with van der Waals surface area (Å²) in [5.74, 6) is 1.16. The number of nitrogens with zero attached hydrogens (tertiary/aromatic N) is 1. The Balaban J connectivity index is 1.19. The summed E-state index contributed by atoms with van der Waals surface area (Å²) in [6, 6.07) is 18.0. The number of carbonyl (C=O) groups is 1. The molecule has 0 saturated heterocycles. The van der Waals surface area contributed by atoms with Crippen molar-refractivity contribution in [1.29, 1.82) is 0 Å².